The zero-order valence-electron chi connectivity index (χ0n) is 4.70. The summed E-state index contributed by atoms with van der Waals surface area (Å²) in [6.07, 6.45) is 1.64. The molecule has 0 N–H and O–H groups in total. The number of hydrogen-bond donors (Lipinski definition) is 0. The summed E-state index contributed by atoms with van der Waals surface area (Å²) in [5.41, 5.74) is 0. The van der Waals surface area contributed by atoms with Crippen LogP contribution in [0.15, 0.2) is 11.5 Å². The van der Waals surface area contributed by atoms with Crippen LogP contribution in [-0.4, -0.2) is 20.0 Å². The Balaban J connectivity index is 2.97. The molecule has 0 aromatic carbocycles. The molecule has 1 heterocycles. The van der Waals surface area contributed by atoms with Crippen molar-refractivity contribution < 1.29 is 13.2 Å². The van der Waals surface area contributed by atoms with Crippen LogP contribution in [0.3, 0.4) is 0 Å². The van der Waals surface area contributed by atoms with Crippen molar-refractivity contribution in [3.05, 3.63) is 11.5 Å². The first-order valence-corrected chi connectivity index (χ1v) is 4.23. The Kier molecular flexibility index (Phi) is 1.40. The van der Waals surface area contributed by atoms with Crippen molar-refractivity contribution >= 4 is 15.6 Å². The molecule has 0 radical (unpaired) electrons. The lowest BCUT2D eigenvalue weighted by Crippen LogP contribution is -2.16. The van der Waals surface area contributed by atoms with Gasteiger partial charge in [0.2, 0.25) is 0 Å². The van der Waals surface area contributed by atoms with Crippen molar-refractivity contribution in [3.8, 4) is 0 Å². The minimum atomic E-state index is -3.16. The standard InChI is InChI=1S/C5H6O3S/c6-5-2-1-3-9(7,8)4-5/h1,3H,2,4H2. The molecule has 0 amide bonds. The second-order valence-electron chi connectivity index (χ2n) is 1.92. The van der Waals surface area contributed by atoms with Crippen LogP contribution in [0.5, 0.6) is 0 Å². The van der Waals surface area contributed by atoms with Crippen molar-refractivity contribution in [2.75, 3.05) is 5.75 Å². The largest absolute Gasteiger partial charge is 0.298 e. The minimum absolute atomic E-state index is 0.225. The number of carbonyl (C=O) groups is 1. The van der Waals surface area contributed by atoms with E-state index in [2.05, 4.69) is 0 Å². The van der Waals surface area contributed by atoms with Gasteiger partial charge in [-0.3, -0.25) is 4.79 Å². The number of sulfone groups is 1. The van der Waals surface area contributed by atoms with Crippen LogP contribution < -0.4 is 0 Å². The molecule has 0 spiro atoms. The second-order valence-corrected chi connectivity index (χ2v) is 3.81. The van der Waals surface area contributed by atoms with E-state index in [0.717, 1.165) is 5.41 Å². The lowest BCUT2D eigenvalue weighted by Gasteiger charge is -2.00. The fourth-order valence-corrected chi connectivity index (χ4v) is 1.71. The normalized spacial score (nSPS) is 24.2. The zero-order chi connectivity index (χ0) is 6.91. The smallest absolute Gasteiger partial charge is 0.178 e. The van der Waals surface area contributed by atoms with Gasteiger partial charge in [0.05, 0.1) is 0 Å². The van der Waals surface area contributed by atoms with E-state index in [1.807, 2.05) is 0 Å². The molecular weight excluding hydrogens is 140 g/mol. The lowest BCUT2D eigenvalue weighted by atomic mass is 10.3. The van der Waals surface area contributed by atoms with E-state index in [9.17, 15) is 13.2 Å². The Morgan fingerprint density at radius 3 is 2.44 bits per heavy atom. The molecule has 0 fully saturated rings. The van der Waals surface area contributed by atoms with E-state index in [0.29, 0.717) is 0 Å². The molecule has 0 saturated heterocycles. The van der Waals surface area contributed by atoms with Gasteiger partial charge in [-0.05, 0) is 0 Å². The Bertz CT molecular complexity index is 247. The average Bonchev–Trinajstić information content (AvgIpc) is 1.60. The molecule has 0 aromatic heterocycles. The van der Waals surface area contributed by atoms with Gasteiger partial charge in [0.15, 0.2) is 15.6 Å². The Morgan fingerprint density at radius 2 is 2.11 bits per heavy atom. The van der Waals surface area contributed by atoms with Gasteiger partial charge in [0.25, 0.3) is 0 Å². The number of Topliss-reactive ketones (excluding diaryl/α,β-unsaturated/α-hetero) is 1. The van der Waals surface area contributed by atoms with Crippen molar-refractivity contribution in [2.24, 2.45) is 0 Å². The third-order valence-corrected chi connectivity index (χ3v) is 2.34. The summed E-state index contributed by atoms with van der Waals surface area (Å²) >= 11 is 0. The van der Waals surface area contributed by atoms with Gasteiger partial charge in [-0.2, -0.15) is 0 Å². The zero-order valence-corrected chi connectivity index (χ0v) is 5.52. The molecule has 1 aliphatic rings. The molecule has 1 aliphatic heterocycles. The molecule has 0 aromatic rings. The summed E-state index contributed by atoms with van der Waals surface area (Å²) in [5, 5.41) is 1.09. The van der Waals surface area contributed by atoms with Crippen molar-refractivity contribution in [1.29, 1.82) is 0 Å². The number of carbonyl (C=O) groups excluding carboxylic acids is 1. The Labute approximate surface area is 53.3 Å². The summed E-state index contributed by atoms with van der Waals surface area (Å²) < 4.78 is 21.1. The van der Waals surface area contributed by atoms with Gasteiger partial charge in [0, 0.05) is 11.8 Å². The maximum absolute atomic E-state index is 10.6. The topological polar surface area (TPSA) is 51.2 Å². The highest BCUT2D eigenvalue weighted by Gasteiger charge is 2.15. The molecule has 9 heavy (non-hydrogen) atoms. The summed E-state index contributed by atoms with van der Waals surface area (Å²) in [6.45, 7) is 0. The lowest BCUT2D eigenvalue weighted by molar-refractivity contribution is -0.115. The first-order chi connectivity index (χ1) is 4.10. The molecule has 0 aliphatic carbocycles. The Hall–Kier alpha value is -0.640. The molecule has 0 bridgehead atoms. The van der Waals surface area contributed by atoms with E-state index < -0.39 is 9.84 Å². The van der Waals surface area contributed by atoms with E-state index in [1.54, 1.807) is 0 Å². The van der Waals surface area contributed by atoms with Crippen LogP contribution in [0.1, 0.15) is 6.42 Å². The van der Waals surface area contributed by atoms with Crippen LogP contribution in [-0.2, 0) is 14.6 Å². The fourth-order valence-electron chi connectivity index (χ4n) is 0.658. The molecule has 4 heteroatoms. The highest BCUT2D eigenvalue weighted by atomic mass is 32.2. The predicted octanol–water partition coefficient (Wildman–Crippen LogP) is -0.112. The van der Waals surface area contributed by atoms with Crippen LogP contribution >= 0.6 is 0 Å². The number of rotatable bonds is 0. The second kappa shape index (κ2) is 1.95. The monoisotopic (exact) mass is 146 g/mol. The predicted molar refractivity (Wildman–Crippen MR) is 32.6 cm³/mol. The summed E-state index contributed by atoms with van der Waals surface area (Å²) in [5.74, 6) is -0.541. The van der Waals surface area contributed by atoms with E-state index in [4.69, 9.17) is 0 Å². The van der Waals surface area contributed by atoms with Gasteiger partial charge < -0.3 is 0 Å². The first-order valence-electron chi connectivity index (χ1n) is 2.51. The van der Waals surface area contributed by atoms with E-state index in [1.165, 1.54) is 6.08 Å². The summed E-state index contributed by atoms with van der Waals surface area (Å²) in [7, 11) is -3.16. The van der Waals surface area contributed by atoms with Crippen molar-refractivity contribution in [3.63, 3.8) is 0 Å². The molecule has 1 rings (SSSR count). The maximum Gasteiger partial charge on any atom is 0.178 e. The molecular formula is C5H6O3S. The van der Waals surface area contributed by atoms with Gasteiger partial charge in [0.1, 0.15) is 5.75 Å². The van der Waals surface area contributed by atoms with E-state index in [-0.39, 0.29) is 18.0 Å². The Morgan fingerprint density at radius 1 is 1.44 bits per heavy atom. The summed E-state index contributed by atoms with van der Waals surface area (Å²) in [6, 6.07) is 0. The van der Waals surface area contributed by atoms with E-state index >= 15 is 0 Å². The first kappa shape index (κ1) is 6.48. The van der Waals surface area contributed by atoms with Gasteiger partial charge >= 0.3 is 0 Å². The van der Waals surface area contributed by atoms with Crippen LogP contribution in [0.25, 0.3) is 0 Å². The number of ketones is 1. The van der Waals surface area contributed by atoms with Crippen molar-refractivity contribution in [2.45, 2.75) is 6.42 Å². The van der Waals surface area contributed by atoms with Gasteiger partial charge in [-0.15, -0.1) is 0 Å². The maximum atomic E-state index is 10.6. The fraction of sp³-hybridized carbons (Fsp3) is 0.400. The third-order valence-electron chi connectivity index (χ3n) is 1.01. The quantitative estimate of drug-likeness (QED) is 0.479. The van der Waals surface area contributed by atoms with Crippen LogP contribution in [0.2, 0.25) is 0 Å². The summed E-state index contributed by atoms with van der Waals surface area (Å²) in [4.78, 5) is 10.4. The number of hydrogen-bond acceptors (Lipinski definition) is 3. The van der Waals surface area contributed by atoms with Crippen molar-refractivity contribution in [1.82, 2.24) is 0 Å². The molecule has 0 unspecified atom stereocenters. The highest BCUT2D eigenvalue weighted by molar-refractivity contribution is 7.95. The molecule has 0 atom stereocenters. The minimum Gasteiger partial charge on any atom is -0.298 e. The van der Waals surface area contributed by atoms with Gasteiger partial charge in [-0.1, -0.05) is 6.08 Å². The molecule has 50 valence electrons. The number of allylic oxidation sites excluding steroid dienone is 1. The van der Waals surface area contributed by atoms with Crippen LogP contribution in [0, 0.1) is 0 Å². The molecule has 0 saturated carbocycles. The third kappa shape index (κ3) is 1.64. The highest BCUT2D eigenvalue weighted by Crippen LogP contribution is 2.03. The SMILES string of the molecule is O=C1CC=CS(=O)(=O)C1. The molecule has 3 nitrogen and oxygen atoms in total. The van der Waals surface area contributed by atoms with Crippen LogP contribution in [0.4, 0.5) is 0 Å². The average molecular weight is 146 g/mol. The van der Waals surface area contributed by atoms with Gasteiger partial charge in [-0.25, -0.2) is 8.42 Å².